The number of hydrogen-bond donors (Lipinski definition) is 4. The molecule has 0 aliphatic rings. The van der Waals surface area contributed by atoms with Crippen molar-refractivity contribution in [3.05, 3.63) is 0 Å². The molecule has 70 valence electrons. The second kappa shape index (κ2) is 5.50. The van der Waals surface area contributed by atoms with Crippen LogP contribution in [-0.2, 0) is 9.59 Å². The lowest BCUT2D eigenvalue weighted by atomic mass is 10.1. The van der Waals surface area contributed by atoms with Gasteiger partial charge in [0.2, 0.25) is 6.41 Å². The topological polar surface area (TPSA) is 107 Å². The average Bonchev–Trinajstić information content (AvgIpc) is 2.03. The zero-order chi connectivity index (χ0) is 9.56. The van der Waals surface area contributed by atoms with Gasteiger partial charge in [-0.25, -0.2) is 4.79 Å². The number of aliphatic carboxylic acids is 1. The maximum atomic E-state index is 10.3. The van der Waals surface area contributed by atoms with E-state index in [2.05, 4.69) is 0 Å². The lowest BCUT2D eigenvalue weighted by molar-refractivity contribution is -0.141. The van der Waals surface area contributed by atoms with Crippen LogP contribution in [0.1, 0.15) is 6.42 Å². The number of aliphatic hydroxyl groups is 2. The molecular weight excluding hydrogens is 166 g/mol. The maximum Gasteiger partial charge on any atom is 0.326 e. The molecule has 12 heavy (non-hydrogen) atoms. The summed E-state index contributed by atoms with van der Waals surface area (Å²) < 4.78 is 0. The third-order valence-electron chi connectivity index (χ3n) is 1.29. The number of carbonyl (C=O) groups excluding carboxylic acids is 1. The molecule has 0 saturated heterocycles. The fourth-order valence-corrected chi connectivity index (χ4v) is 0.669. The molecule has 4 N–H and O–H groups in total. The normalized spacial score (nSPS) is 14.8. The summed E-state index contributed by atoms with van der Waals surface area (Å²) in [5, 5.41) is 27.6. The highest BCUT2D eigenvalue weighted by Crippen LogP contribution is 1.97. The molecule has 0 rings (SSSR count). The van der Waals surface area contributed by atoms with Gasteiger partial charge in [0.1, 0.15) is 6.04 Å². The number of amides is 1. The third-order valence-corrected chi connectivity index (χ3v) is 1.29. The van der Waals surface area contributed by atoms with Gasteiger partial charge in [-0.3, -0.25) is 4.79 Å². The zero-order valence-electron chi connectivity index (χ0n) is 6.30. The van der Waals surface area contributed by atoms with Crippen molar-refractivity contribution in [2.24, 2.45) is 0 Å². The summed E-state index contributed by atoms with van der Waals surface area (Å²) in [5.41, 5.74) is 0. The zero-order valence-corrected chi connectivity index (χ0v) is 6.30. The molecule has 0 radical (unpaired) electrons. The molecular formula is C6H11NO5. The van der Waals surface area contributed by atoms with Gasteiger partial charge in [0.15, 0.2) is 0 Å². The van der Waals surface area contributed by atoms with E-state index in [0.717, 1.165) is 0 Å². The summed E-state index contributed by atoms with van der Waals surface area (Å²) in [5.74, 6) is -1.24. The largest absolute Gasteiger partial charge is 0.480 e. The van der Waals surface area contributed by atoms with Gasteiger partial charge in [-0.2, -0.15) is 0 Å². The number of hydrogen-bond acceptors (Lipinski definition) is 4. The molecule has 2 atom stereocenters. The van der Waals surface area contributed by atoms with Gasteiger partial charge in [0.25, 0.3) is 0 Å². The molecule has 0 aliphatic heterocycles. The van der Waals surface area contributed by atoms with Crippen molar-refractivity contribution in [2.45, 2.75) is 18.6 Å². The second-order valence-corrected chi connectivity index (χ2v) is 2.25. The van der Waals surface area contributed by atoms with E-state index in [4.69, 9.17) is 15.3 Å². The Hall–Kier alpha value is -1.14. The smallest absolute Gasteiger partial charge is 0.326 e. The maximum absolute atomic E-state index is 10.3. The number of nitrogens with one attached hydrogen (secondary N) is 1. The number of aliphatic hydroxyl groups excluding tert-OH is 2. The molecule has 0 aromatic rings. The third kappa shape index (κ3) is 3.89. The number of carboxylic acids is 1. The quantitative estimate of drug-likeness (QED) is 0.349. The molecule has 0 aromatic heterocycles. The van der Waals surface area contributed by atoms with Crippen LogP contribution >= 0.6 is 0 Å². The minimum atomic E-state index is -1.24. The van der Waals surface area contributed by atoms with E-state index < -0.39 is 24.7 Å². The second-order valence-electron chi connectivity index (χ2n) is 2.25. The van der Waals surface area contributed by atoms with Crippen LogP contribution in [0.3, 0.4) is 0 Å². The summed E-state index contributed by atoms with van der Waals surface area (Å²) in [6.45, 7) is -0.523. The van der Waals surface area contributed by atoms with Gasteiger partial charge >= 0.3 is 5.97 Å². The van der Waals surface area contributed by atoms with E-state index in [1.807, 2.05) is 5.32 Å². The van der Waals surface area contributed by atoms with Crippen LogP contribution in [0, 0.1) is 0 Å². The minimum absolute atomic E-state index is 0.204. The predicted octanol–water partition coefficient (Wildman–Crippen LogP) is -2.07. The Balaban J connectivity index is 3.94. The van der Waals surface area contributed by atoms with Crippen molar-refractivity contribution in [1.82, 2.24) is 5.32 Å². The fraction of sp³-hybridized carbons (Fsp3) is 0.667. The minimum Gasteiger partial charge on any atom is -0.480 e. The number of carboxylic acid groups (broad SMARTS) is 1. The lowest BCUT2D eigenvalue weighted by Gasteiger charge is -2.13. The SMILES string of the molecule is O=CNC(CC(O)CO)C(=O)O. The van der Waals surface area contributed by atoms with Crippen molar-refractivity contribution in [1.29, 1.82) is 0 Å². The number of carbonyl (C=O) groups is 2. The Kier molecular flexibility index (Phi) is 4.98. The van der Waals surface area contributed by atoms with Crippen LogP contribution < -0.4 is 5.32 Å². The Morgan fingerprint density at radius 3 is 2.50 bits per heavy atom. The summed E-state index contributed by atoms with van der Waals surface area (Å²) in [6.07, 6.45) is -1.09. The molecule has 0 aromatic carbocycles. The molecule has 2 unspecified atom stereocenters. The van der Waals surface area contributed by atoms with Gasteiger partial charge < -0.3 is 20.6 Å². The molecule has 0 spiro atoms. The molecule has 0 saturated carbocycles. The van der Waals surface area contributed by atoms with Crippen LogP contribution in [0.25, 0.3) is 0 Å². The standard InChI is InChI=1S/C6H11NO5/c8-2-4(10)1-5(6(11)12)7-3-9/h3-5,8,10H,1-2H2,(H,7,9)(H,11,12). The molecule has 1 amide bonds. The van der Waals surface area contributed by atoms with E-state index >= 15 is 0 Å². The van der Waals surface area contributed by atoms with Gasteiger partial charge in [0, 0.05) is 6.42 Å². The summed E-state index contributed by atoms with van der Waals surface area (Å²) >= 11 is 0. The summed E-state index contributed by atoms with van der Waals surface area (Å²) in [6, 6.07) is -1.15. The van der Waals surface area contributed by atoms with Crippen molar-refractivity contribution < 1.29 is 24.9 Å². The van der Waals surface area contributed by atoms with Crippen LogP contribution in [0.5, 0.6) is 0 Å². The van der Waals surface area contributed by atoms with E-state index in [1.54, 1.807) is 0 Å². The van der Waals surface area contributed by atoms with E-state index in [-0.39, 0.29) is 12.8 Å². The Labute approximate surface area is 68.8 Å². The first-order chi connectivity index (χ1) is 5.61. The highest BCUT2D eigenvalue weighted by atomic mass is 16.4. The molecule has 0 heterocycles. The van der Waals surface area contributed by atoms with Crippen molar-refractivity contribution in [2.75, 3.05) is 6.61 Å². The van der Waals surface area contributed by atoms with E-state index in [0.29, 0.717) is 0 Å². The van der Waals surface area contributed by atoms with E-state index in [1.165, 1.54) is 0 Å². The van der Waals surface area contributed by atoms with Crippen molar-refractivity contribution in [3.8, 4) is 0 Å². The van der Waals surface area contributed by atoms with Crippen molar-refractivity contribution >= 4 is 12.4 Å². The Bertz CT molecular complexity index is 160. The average molecular weight is 177 g/mol. The van der Waals surface area contributed by atoms with Crippen LogP contribution in [0.4, 0.5) is 0 Å². The predicted molar refractivity (Wildman–Crippen MR) is 38.3 cm³/mol. The van der Waals surface area contributed by atoms with E-state index in [9.17, 15) is 9.59 Å². The van der Waals surface area contributed by atoms with Crippen molar-refractivity contribution in [3.63, 3.8) is 0 Å². The Morgan fingerprint density at radius 1 is 1.58 bits per heavy atom. The van der Waals surface area contributed by atoms with Gasteiger partial charge in [0.05, 0.1) is 12.7 Å². The highest BCUT2D eigenvalue weighted by Gasteiger charge is 2.19. The lowest BCUT2D eigenvalue weighted by Crippen LogP contribution is -2.39. The Morgan fingerprint density at radius 2 is 2.17 bits per heavy atom. The summed E-state index contributed by atoms with van der Waals surface area (Å²) in [4.78, 5) is 20.2. The van der Waals surface area contributed by atoms with Gasteiger partial charge in [-0.15, -0.1) is 0 Å². The number of rotatable bonds is 6. The first kappa shape index (κ1) is 10.9. The van der Waals surface area contributed by atoms with Crippen LogP contribution in [0.15, 0.2) is 0 Å². The molecule has 6 heteroatoms. The van der Waals surface area contributed by atoms with Crippen LogP contribution in [-0.4, -0.2) is 46.5 Å². The first-order valence-corrected chi connectivity index (χ1v) is 3.33. The van der Waals surface area contributed by atoms with Crippen LogP contribution in [0.2, 0.25) is 0 Å². The first-order valence-electron chi connectivity index (χ1n) is 3.33. The van der Waals surface area contributed by atoms with Gasteiger partial charge in [-0.1, -0.05) is 0 Å². The molecule has 0 bridgehead atoms. The monoisotopic (exact) mass is 177 g/mol. The van der Waals surface area contributed by atoms with Gasteiger partial charge in [-0.05, 0) is 0 Å². The highest BCUT2D eigenvalue weighted by molar-refractivity contribution is 5.76. The molecule has 0 aliphatic carbocycles. The molecule has 0 fully saturated rings. The fourth-order valence-electron chi connectivity index (χ4n) is 0.669. The molecule has 6 nitrogen and oxygen atoms in total. The summed E-state index contributed by atoms with van der Waals surface area (Å²) in [7, 11) is 0.